The van der Waals surface area contributed by atoms with E-state index in [1.165, 1.54) is 32.1 Å². The van der Waals surface area contributed by atoms with Crippen LogP contribution in [0, 0.1) is 11.8 Å². The van der Waals surface area contributed by atoms with Gasteiger partial charge in [0.1, 0.15) is 5.75 Å². The highest BCUT2D eigenvalue weighted by Gasteiger charge is 2.24. The molecule has 1 unspecified atom stereocenters. The van der Waals surface area contributed by atoms with Crippen molar-refractivity contribution in [1.29, 1.82) is 0 Å². The van der Waals surface area contributed by atoms with E-state index in [1.54, 1.807) is 0 Å². The maximum Gasteiger partial charge on any atom is 0.119 e. The number of ether oxygens (including phenoxy) is 1. The fourth-order valence-corrected chi connectivity index (χ4v) is 3.17. The van der Waals surface area contributed by atoms with Crippen molar-refractivity contribution in [2.24, 2.45) is 11.8 Å². The number of rotatable bonds is 8. The van der Waals surface area contributed by atoms with E-state index in [1.807, 2.05) is 30.3 Å². The highest BCUT2D eigenvalue weighted by molar-refractivity contribution is 5.20. The molecule has 1 N–H and O–H groups in total. The van der Waals surface area contributed by atoms with Crippen LogP contribution in [0.2, 0.25) is 0 Å². The molecule has 0 spiro atoms. The number of nitrogens with one attached hydrogen (secondary N) is 1. The third kappa shape index (κ3) is 5.16. The van der Waals surface area contributed by atoms with Crippen LogP contribution in [-0.4, -0.2) is 19.2 Å². The molecule has 1 aliphatic carbocycles. The first-order valence-corrected chi connectivity index (χ1v) is 8.17. The minimum atomic E-state index is 0.578. The zero-order valence-corrected chi connectivity index (χ0v) is 13.0. The number of hydrogen-bond donors (Lipinski definition) is 1. The summed E-state index contributed by atoms with van der Waals surface area (Å²) >= 11 is 0. The first-order valence-electron chi connectivity index (χ1n) is 8.17. The third-order valence-corrected chi connectivity index (χ3v) is 4.36. The quantitative estimate of drug-likeness (QED) is 0.765. The first-order chi connectivity index (χ1) is 9.75. The van der Waals surface area contributed by atoms with Gasteiger partial charge in [0, 0.05) is 6.04 Å². The topological polar surface area (TPSA) is 21.3 Å². The average Bonchev–Trinajstić information content (AvgIpc) is 2.97. The minimum Gasteiger partial charge on any atom is -0.494 e. The van der Waals surface area contributed by atoms with Crippen LogP contribution in [0.3, 0.4) is 0 Å². The van der Waals surface area contributed by atoms with Gasteiger partial charge in [-0.15, -0.1) is 0 Å². The Morgan fingerprint density at radius 1 is 1.15 bits per heavy atom. The molecule has 0 bridgehead atoms. The van der Waals surface area contributed by atoms with Gasteiger partial charge in [0.15, 0.2) is 0 Å². The lowest BCUT2D eigenvalue weighted by Gasteiger charge is -2.25. The lowest BCUT2D eigenvalue weighted by atomic mass is 9.88. The minimum absolute atomic E-state index is 0.578. The van der Waals surface area contributed by atoms with E-state index in [2.05, 4.69) is 19.2 Å². The van der Waals surface area contributed by atoms with Crippen LogP contribution >= 0.6 is 0 Å². The second-order valence-electron chi connectivity index (χ2n) is 6.32. The monoisotopic (exact) mass is 275 g/mol. The Morgan fingerprint density at radius 3 is 2.50 bits per heavy atom. The van der Waals surface area contributed by atoms with Gasteiger partial charge in [0.2, 0.25) is 0 Å². The maximum atomic E-state index is 5.88. The molecular formula is C18H29NO. The predicted molar refractivity (Wildman–Crippen MR) is 85.1 cm³/mol. The zero-order valence-electron chi connectivity index (χ0n) is 13.0. The second-order valence-corrected chi connectivity index (χ2v) is 6.32. The van der Waals surface area contributed by atoms with Crippen molar-refractivity contribution in [3.63, 3.8) is 0 Å². The van der Waals surface area contributed by atoms with Gasteiger partial charge < -0.3 is 10.1 Å². The molecule has 1 aliphatic rings. The van der Waals surface area contributed by atoms with Crippen LogP contribution < -0.4 is 10.1 Å². The van der Waals surface area contributed by atoms with E-state index in [0.717, 1.165) is 30.7 Å². The van der Waals surface area contributed by atoms with Crippen LogP contribution in [0.1, 0.15) is 46.0 Å². The normalized spacial score (nSPS) is 17.6. The summed E-state index contributed by atoms with van der Waals surface area (Å²) in [6.07, 6.45) is 6.83. The summed E-state index contributed by atoms with van der Waals surface area (Å²) in [5.41, 5.74) is 0. The average molecular weight is 275 g/mol. The van der Waals surface area contributed by atoms with Crippen LogP contribution in [0.5, 0.6) is 5.75 Å². The molecule has 112 valence electrons. The summed E-state index contributed by atoms with van der Waals surface area (Å²) in [6.45, 7) is 6.43. The van der Waals surface area contributed by atoms with Gasteiger partial charge in [-0.3, -0.25) is 0 Å². The van der Waals surface area contributed by atoms with Crippen molar-refractivity contribution in [2.45, 2.75) is 52.0 Å². The first kappa shape index (κ1) is 15.4. The summed E-state index contributed by atoms with van der Waals surface area (Å²) in [6, 6.07) is 10.7. The zero-order chi connectivity index (χ0) is 14.2. The molecule has 1 atom stereocenters. The lowest BCUT2D eigenvalue weighted by Crippen LogP contribution is -2.32. The smallest absolute Gasteiger partial charge is 0.119 e. The molecule has 1 aromatic rings. The van der Waals surface area contributed by atoms with Gasteiger partial charge in [-0.05, 0) is 36.9 Å². The number of hydrogen-bond acceptors (Lipinski definition) is 2. The molecule has 2 rings (SSSR count). The molecule has 1 saturated carbocycles. The molecular weight excluding hydrogens is 246 g/mol. The van der Waals surface area contributed by atoms with Crippen molar-refractivity contribution in [1.82, 2.24) is 5.32 Å². The van der Waals surface area contributed by atoms with E-state index in [4.69, 9.17) is 4.74 Å². The van der Waals surface area contributed by atoms with E-state index < -0.39 is 0 Å². The van der Waals surface area contributed by atoms with Gasteiger partial charge >= 0.3 is 0 Å². The van der Waals surface area contributed by atoms with Gasteiger partial charge in [-0.25, -0.2) is 0 Å². The molecule has 0 aliphatic heterocycles. The fraction of sp³-hybridized carbons (Fsp3) is 0.667. The SMILES string of the molecule is CC(C)NCC(CCOc1ccccc1)C1CCCC1. The summed E-state index contributed by atoms with van der Waals surface area (Å²) in [4.78, 5) is 0. The van der Waals surface area contributed by atoms with Crippen LogP contribution in [0.4, 0.5) is 0 Å². The van der Waals surface area contributed by atoms with Crippen LogP contribution in [-0.2, 0) is 0 Å². The Hall–Kier alpha value is -1.02. The number of para-hydroxylation sites is 1. The Bertz CT molecular complexity index is 357. The predicted octanol–water partition coefficient (Wildman–Crippen LogP) is 4.26. The summed E-state index contributed by atoms with van der Waals surface area (Å²) in [7, 11) is 0. The highest BCUT2D eigenvalue weighted by Crippen LogP contribution is 2.33. The molecule has 0 heterocycles. The molecule has 20 heavy (non-hydrogen) atoms. The van der Waals surface area contributed by atoms with Crippen molar-refractivity contribution >= 4 is 0 Å². The molecule has 0 saturated heterocycles. The summed E-state index contributed by atoms with van der Waals surface area (Å²) in [5.74, 6) is 2.67. The fourth-order valence-electron chi connectivity index (χ4n) is 3.17. The molecule has 1 aromatic carbocycles. The Balaban J connectivity index is 1.77. The molecule has 1 fully saturated rings. The van der Waals surface area contributed by atoms with Crippen molar-refractivity contribution < 1.29 is 4.74 Å². The summed E-state index contributed by atoms with van der Waals surface area (Å²) < 4.78 is 5.88. The molecule has 2 nitrogen and oxygen atoms in total. The van der Waals surface area contributed by atoms with E-state index >= 15 is 0 Å². The van der Waals surface area contributed by atoms with Crippen LogP contribution in [0.15, 0.2) is 30.3 Å². The number of benzene rings is 1. The van der Waals surface area contributed by atoms with E-state index in [-0.39, 0.29) is 0 Å². The highest BCUT2D eigenvalue weighted by atomic mass is 16.5. The van der Waals surface area contributed by atoms with Crippen LogP contribution in [0.25, 0.3) is 0 Å². The maximum absolute atomic E-state index is 5.88. The molecule has 0 aromatic heterocycles. The Labute approximate surface area is 123 Å². The van der Waals surface area contributed by atoms with Crippen molar-refractivity contribution in [3.05, 3.63) is 30.3 Å². The largest absolute Gasteiger partial charge is 0.494 e. The Morgan fingerprint density at radius 2 is 1.85 bits per heavy atom. The standard InChI is InChI=1S/C18H29NO/c1-15(2)19-14-17(16-8-6-7-9-16)12-13-20-18-10-4-3-5-11-18/h3-5,10-11,15-17,19H,6-9,12-14H2,1-2H3. The molecule has 0 radical (unpaired) electrons. The molecule has 2 heteroatoms. The van der Waals surface area contributed by atoms with Gasteiger partial charge in [0.25, 0.3) is 0 Å². The van der Waals surface area contributed by atoms with Crippen molar-refractivity contribution in [3.8, 4) is 5.75 Å². The van der Waals surface area contributed by atoms with Gasteiger partial charge in [-0.2, -0.15) is 0 Å². The molecule has 0 amide bonds. The van der Waals surface area contributed by atoms with Crippen molar-refractivity contribution in [2.75, 3.05) is 13.2 Å². The van der Waals surface area contributed by atoms with E-state index in [0.29, 0.717) is 6.04 Å². The summed E-state index contributed by atoms with van der Waals surface area (Å²) in [5, 5.41) is 3.62. The third-order valence-electron chi connectivity index (χ3n) is 4.36. The lowest BCUT2D eigenvalue weighted by molar-refractivity contribution is 0.227. The van der Waals surface area contributed by atoms with Gasteiger partial charge in [0.05, 0.1) is 6.61 Å². The Kier molecular flexibility index (Phi) is 6.38. The van der Waals surface area contributed by atoms with Gasteiger partial charge in [-0.1, -0.05) is 57.7 Å². The second kappa shape index (κ2) is 8.31. The van der Waals surface area contributed by atoms with E-state index in [9.17, 15) is 0 Å².